The standard InChI is InChI=1S/C20H23N5O2S/c1-16(18-7-2-3-8-19(18)25-14-6-11-22-25)23-20-10-9-17(15-21-20)28(26,27)24-12-4-5-13-24/h2-3,6-11,14-16H,4-5,12-13H2,1H3,(H,21,23). The topological polar surface area (TPSA) is 80.1 Å². The first-order chi connectivity index (χ1) is 13.6. The van der Waals surface area contributed by atoms with Gasteiger partial charge in [-0.3, -0.25) is 0 Å². The minimum atomic E-state index is -3.44. The van der Waals surface area contributed by atoms with E-state index in [0.717, 1.165) is 24.1 Å². The Bertz CT molecular complexity index is 1030. The number of hydrogen-bond acceptors (Lipinski definition) is 5. The molecule has 1 unspecified atom stereocenters. The lowest BCUT2D eigenvalue weighted by molar-refractivity contribution is 0.477. The first-order valence-electron chi connectivity index (χ1n) is 9.37. The molecule has 1 atom stereocenters. The number of sulfonamides is 1. The van der Waals surface area contributed by atoms with Crippen LogP contribution in [0, 0.1) is 0 Å². The molecular formula is C20H23N5O2S. The summed E-state index contributed by atoms with van der Waals surface area (Å²) in [6.45, 7) is 3.21. The Morgan fingerprint density at radius 2 is 1.86 bits per heavy atom. The fraction of sp³-hybridized carbons (Fsp3) is 0.300. The summed E-state index contributed by atoms with van der Waals surface area (Å²) in [5, 5.41) is 7.66. The summed E-state index contributed by atoms with van der Waals surface area (Å²) < 4.78 is 28.6. The highest BCUT2D eigenvalue weighted by Gasteiger charge is 2.27. The minimum Gasteiger partial charge on any atom is -0.363 e. The molecule has 1 aromatic carbocycles. The Morgan fingerprint density at radius 1 is 1.07 bits per heavy atom. The molecule has 146 valence electrons. The summed E-state index contributed by atoms with van der Waals surface area (Å²) in [7, 11) is -3.44. The van der Waals surface area contributed by atoms with Crippen molar-refractivity contribution in [1.29, 1.82) is 0 Å². The van der Waals surface area contributed by atoms with E-state index in [0.29, 0.717) is 18.9 Å². The lowest BCUT2D eigenvalue weighted by Gasteiger charge is -2.19. The van der Waals surface area contributed by atoms with Crippen molar-refractivity contribution < 1.29 is 8.42 Å². The minimum absolute atomic E-state index is 0.0334. The molecule has 1 aliphatic rings. The maximum Gasteiger partial charge on any atom is 0.244 e. The monoisotopic (exact) mass is 397 g/mol. The summed E-state index contributed by atoms with van der Waals surface area (Å²) in [6.07, 6.45) is 6.92. The molecule has 1 fully saturated rings. The van der Waals surface area contributed by atoms with Gasteiger partial charge in [0.05, 0.1) is 11.7 Å². The van der Waals surface area contributed by atoms with Crippen LogP contribution in [0.15, 0.2) is 66.0 Å². The molecule has 8 heteroatoms. The van der Waals surface area contributed by atoms with Crippen LogP contribution >= 0.6 is 0 Å². The van der Waals surface area contributed by atoms with Crippen LogP contribution in [0.4, 0.5) is 5.82 Å². The van der Waals surface area contributed by atoms with Gasteiger partial charge in [0, 0.05) is 31.7 Å². The number of nitrogens with zero attached hydrogens (tertiary/aromatic N) is 4. The zero-order chi connectivity index (χ0) is 19.6. The predicted octanol–water partition coefficient (Wildman–Crippen LogP) is 3.22. The SMILES string of the molecule is CC(Nc1ccc(S(=O)(=O)N2CCCC2)cn1)c1ccccc1-n1cccn1. The van der Waals surface area contributed by atoms with Crippen LogP contribution in [0.5, 0.6) is 0 Å². The van der Waals surface area contributed by atoms with Gasteiger partial charge in [0.15, 0.2) is 0 Å². The molecule has 1 N–H and O–H groups in total. The predicted molar refractivity (Wildman–Crippen MR) is 108 cm³/mol. The third kappa shape index (κ3) is 3.65. The normalized spacial score (nSPS) is 16.2. The van der Waals surface area contributed by atoms with E-state index < -0.39 is 10.0 Å². The van der Waals surface area contributed by atoms with Gasteiger partial charge in [-0.2, -0.15) is 9.40 Å². The fourth-order valence-electron chi connectivity index (χ4n) is 3.47. The molecule has 1 saturated heterocycles. The molecule has 3 heterocycles. The number of anilines is 1. The van der Waals surface area contributed by atoms with Gasteiger partial charge in [0.1, 0.15) is 10.7 Å². The third-order valence-electron chi connectivity index (χ3n) is 4.96. The molecule has 28 heavy (non-hydrogen) atoms. The first kappa shape index (κ1) is 18.6. The van der Waals surface area contributed by atoms with E-state index in [9.17, 15) is 8.42 Å². The maximum absolute atomic E-state index is 12.6. The van der Waals surface area contributed by atoms with Gasteiger partial charge in [-0.25, -0.2) is 18.1 Å². The average molecular weight is 398 g/mol. The zero-order valence-electron chi connectivity index (χ0n) is 15.7. The van der Waals surface area contributed by atoms with E-state index in [-0.39, 0.29) is 10.9 Å². The number of para-hydroxylation sites is 1. The van der Waals surface area contributed by atoms with Gasteiger partial charge in [-0.1, -0.05) is 18.2 Å². The number of nitrogens with one attached hydrogen (secondary N) is 1. The fourth-order valence-corrected chi connectivity index (χ4v) is 4.93. The Kier molecular flexibility index (Phi) is 5.15. The van der Waals surface area contributed by atoms with Crippen LogP contribution in [0.1, 0.15) is 31.4 Å². The maximum atomic E-state index is 12.6. The van der Waals surface area contributed by atoms with Crippen molar-refractivity contribution >= 4 is 15.8 Å². The summed E-state index contributed by atoms with van der Waals surface area (Å²) in [4.78, 5) is 4.58. The number of hydrogen-bond donors (Lipinski definition) is 1. The molecule has 0 radical (unpaired) electrons. The van der Waals surface area contributed by atoms with Crippen LogP contribution in [0.2, 0.25) is 0 Å². The largest absolute Gasteiger partial charge is 0.363 e. The molecule has 4 rings (SSSR count). The highest BCUT2D eigenvalue weighted by Crippen LogP contribution is 2.25. The van der Waals surface area contributed by atoms with Gasteiger partial charge in [-0.05, 0) is 49.6 Å². The Hall–Kier alpha value is -2.71. The Balaban J connectivity index is 1.53. The van der Waals surface area contributed by atoms with Crippen LogP contribution in [0.3, 0.4) is 0 Å². The van der Waals surface area contributed by atoms with Crippen LogP contribution in [-0.2, 0) is 10.0 Å². The van der Waals surface area contributed by atoms with E-state index in [4.69, 9.17) is 0 Å². The van der Waals surface area contributed by atoms with Crippen molar-refractivity contribution in [2.45, 2.75) is 30.7 Å². The summed E-state index contributed by atoms with van der Waals surface area (Å²) in [5.41, 5.74) is 2.06. The van der Waals surface area contributed by atoms with Crippen molar-refractivity contribution in [2.75, 3.05) is 18.4 Å². The van der Waals surface area contributed by atoms with Crippen LogP contribution < -0.4 is 5.32 Å². The average Bonchev–Trinajstić information content (AvgIpc) is 3.42. The molecule has 2 aromatic heterocycles. The van der Waals surface area contributed by atoms with E-state index in [1.807, 2.05) is 48.1 Å². The first-order valence-corrected chi connectivity index (χ1v) is 10.8. The Morgan fingerprint density at radius 3 is 2.54 bits per heavy atom. The molecular weight excluding hydrogens is 374 g/mol. The molecule has 0 spiro atoms. The molecule has 7 nitrogen and oxygen atoms in total. The second kappa shape index (κ2) is 7.73. The molecule has 0 saturated carbocycles. The van der Waals surface area contributed by atoms with Gasteiger partial charge in [0.2, 0.25) is 10.0 Å². The quantitative estimate of drug-likeness (QED) is 0.691. The van der Waals surface area contributed by atoms with Crippen molar-refractivity contribution in [3.05, 3.63) is 66.6 Å². The molecule has 0 aliphatic carbocycles. The van der Waals surface area contributed by atoms with E-state index in [1.54, 1.807) is 18.3 Å². The van der Waals surface area contributed by atoms with E-state index in [2.05, 4.69) is 15.4 Å². The second-order valence-electron chi connectivity index (χ2n) is 6.87. The van der Waals surface area contributed by atoms with Crippen LogP contribution in [-0.4, -0.2) is 40.6 Å². The van der Waals surface area contributed by atoms with Gasteiger partial charge < -0.3 is 5.32 Å². The number of rotatable bonds is 6. The highest BCUT2D eigenvalue weighted by atomic mass is 32.2. The van der Waals surface area contributed by atoms with Gasteiger partial charge >= 0.3 is 0 Å². The van der Waals surface area contributed by atoms with E-state index in [1.165, 1.54) is 10.5 Å². The summed E-state index contributed by atoms with van der Waals surface area (Å²) in [5.74, 6) is 0.628. The lowest BCUT2D eigenvalue weighted by atomic mass is 10.1. The summed E-state index contributed by atoms with van der Waals surface area (Å²) >= 11 is 0. The second-order valence-corrected chi connectivity index (χ2v) is 8.80. The Labute approximate surface area is 165 Å². The molecule has 3 aromatic rings. The smallest absolute Gasteiger partial charge is 0.244 e. The van der Waals surface area contributed by atoms with Crippen LogP contribution in [0.25, 0.3) is 5.69 Å². The zero-order valence-corrected chi connectivity index (χ0v) is 16.5. The number of aromatic nitrogens is 3. The van der Waals surface area contributed by atoms with Crippen molar-refractivity contribution in [1.82, 2.24) is 19.1 Å². The van der Waals surface area contributed by atoms with Gasteiger partial charge in [0.25, 0.3) is 0 Å². The molecule has 1 aliphatic heterocycles. The van der Waals surface area contributed by atoms with Gasteiger partial charge in [-0.15, -0.1) is 0 Å². The molecule has 0 amide bonds. The lowest BCUT2D eigenvalue weighted by Crippen LogP contribution is -2.27. The van der Waals surface area contributed by atoms with Crippen molar-refractivity contribution in [3.8, 4) is 5.69 Å². The highest BCUT2D eigenvalue weighted by molar-refractivity contribution is 7.89. The number of pyridine rings is 1. The molecule has 0 bridgehead atoms. The van der Waals surface area contributed by atoms with E-state index >= 15 is 0 Å². The van der Waals surface area contributed by atoms with Crippen molar-refractivity contribution in [2.24, 2.45) is 0 Å². The van der Waals surface area contributed by atoms with Crippen molar-refractivity contribution in [3.63, 3.8) is 0 Å². The number of benzene rings is 1. The third-order valence-corrected chi connectivity index (χ3v) is 6.84. The summed E-state index contributed by atoms with van der Waals surface area (Å²) in [6, 6.07) is 13.2.